The molecule has 0 heterocycles. The van der Waals surface area contributed by atoms with E-state index >= 15 is 0 Å². The number of nitrogens with one attached hydrogen (secondary N) is 1. The highest BCUT2D eigenvalue weighted by Crippen LogP contribution is 2.24. The van der Waals surface area contributed by atoms with E-state index in [0.717, 1.165) is 0 Å². The molecule has 0 aliphatic heterocycles. The van der Waals surface area contributed by atoms with Crippen LogP contribution in [0.25, 0.3) is 0 Å². The Morgan fingerprint density at radius 2 is 1.89 bits per heavy atom. The van der Waals surface area contributed by atoms with Gasteiger partial charge in [0.15, 0.2) is 0 Å². The highest BCUT2D eigenvalue weighted by Gasteiger charge is 2.17. The number of aliphatic hydroxyl groups is 1. The topological polar surface area (TPSA) is 49.3 Å². The molecule has 2 N–H and O–H groups in total. The molecule has 0 spiro atoms. The molecule has 1 aromatic rings. The minimum absolute atomic E-state index is 0.0837. The Bertz CT molecular complexity index is 401. The number of rotatable bonds is 5. The number of amides is 1. The molecule has 0 aliphatic rings. The van der Waals surface area contributed by atoms with Crippen molar-refractivity contribution in [3.8, 4) is 0 Å². The van der Waals surface area contributed by atoms with E-state index in [2.05, 4.69) is 5.32 Å². The SMILES string of the molecule is CC(C)[C@@H](CO)NC(=O)Cc1c(Cl)cccc1Cl. The van der Waals surface area contributed by atoms with Gasteiger partial charge in [0.25, 0.3) is 0 Å². The van der Waals surface area contributed by atoms with Crippen LogP contribution in [0.1, 0.15) is 19.4 Å². The number of carbonyl (C=O) groups excluding carboxylic acids is 1. The molecule has 0 fully saturated rings. The third kappa shape index (κ3) is 4.16. The van der Waals surface area contributed by atoms with E-state index in [9.17, 15) is 4.79 Å². The van der Waals surface area contributed by atoms with Gasteiger partial charge in [0, 0.05) is 10.0 Å². The van der Waals surface area contributed by atoms with Crippen molar-refractivity contribution in [2.75, 3.05) is 6.61 Å². The van der Waals surface area contributed by atoms with Gasteiger partial charge < -0.3 is 10.4 Å². The van der Waals surface area contributed by atoms with Gasteiger partial charge >= 0.3 is 0 Å². The van der Waals surface area contributed by atoms with E-state index in [1.165, 1.54) is 0 Å². The normalized spacial score (nSPS) is 12.6. The lowest BCUT2D eigenvalue weighted by atomic mass is 10.0. The van der Waals surface area contributed by atoms with Crippen molar-refractivity contribution >= 4 is 29.1 Å². The smallest absolute Gasteiger partial charge is 0.224 e. The molecule has 0 bridgehead atoms. The molecule has 0 saturated heterocycles. The summed E-state index contributed by atoms with van der Waals surface area (Å²) in [4.78, 5) is 11.9. The predicted molar refractivity (Wildman–Crippen MR) is 74.0 cm³/mol. The number of carbonyl (C=O) groups is 1. The Morgan fingerprint density at radius 1 is 1.33 bits per heavy atom. The van der Waals surface area contributed by atoms with E-state index in [1.54, 1.807) is 18.2 Å². The first kappa shape index (κ1) is 15.3. The van der Waals surface area contributed by atoms with Crippen LogP contribution in [0.5, 0.6) is 0 Å². The van der Waals surface area contributed by atoms with E-state index in [4.69, 9.17) is 28.3 Å². The Labute approximate surface area is 117 Å². The van der Waals surface area contributed by atoms with Gasteiger partial charge in [0.1, 0.15) is 0 Å². The van der Waals surface area contributed by atoms with Crippen molar-refractivity contribution in [3.63, 3.8) is 0 Å². The molecular weight excluding hydrogens is 273 g/mol. The van der Waals surface area contributed by atoms with Crippen LogP contribution in [-0.4, -0.2) is 23.7 Å². The highest BCUT2D eigenvalue weighted by atomic mass is 35.5. The largest absolute Gasteiger partial charge is 0.394 e. The van der Waals surface area contributed by atoms with Crippen molar-refractivity contribution in [1.29, 1.82) is 0 Å². The molecule has 1 amide bonds. The van der Waals surface area contributed by atoms with Gasteiger partial charge in [-0.2, -0.15) is 0 Å². The summed E-state index contributed by atoms with van der Waals surface area (Å²) in [5, 5.41) is 12.9. The minimum atomic E-state index is -0.251. The minimum Gasteiger partial charge on any atom is -0.394 e. The highest BCUT2D eigenvalue weighted by molar-refractivity contribution is 6.36. The van der Waals surface area contributed by atoms with Gasteiger partial charge in [-0.05, 0) is 23.6 Å². The summed E-state index contributed by atoms with van der Waals surface area (Å²) in [6.45, 7) is 3.78. The predicted octanol–water partition coefficient (Wildman–Crippen LogP) is 2.67. The summed E-state index contributed by atoms with van der Waals surface area (Å²) < 4.78 is 0. The monoisotopic (exact) mass is 289 g/mol. The molecule has 0 unspecified atom stereocenters. The number of hydrogen-bond donors (Lipinski definition) is 2. The van der Waals surface area contributed by atoms with Crippen molar-refractivity contribution in [3.05, 3.63) is 33.8 Å². The van der Waals surface area contributed by atoms with Crippen LogP contribution < -0.4 is 5.32 Å². The fourth-order valence-electron chi connectivity index (χ4n) is 1.54. The Hall–Kier alpha value is -0.770. The molecule has 3 nitrogen and oxygen atoms in total. The Kier molecular flexibility index (Phi) is 5.93. The molecular formula is C13H17Cl2NO2. The van der Waals surface area contributed by atoms with Gasteiger partial charge in [-0.1, -0.05) is 43.1 Å². The number of benzene rings is 1. The third-order valence-electron chi connectivity index (χ3n) is 2.75. The van der Waals surface area contributed by atoms with Crippen molar-refractivity contribution in [2.24, 2.45) is 5.92 Å². The van der Waals surface area contributed by atoms with E-state index in [0.29, 0.717) is 15.6 Å². The standard InChI is InChI=1S/C13H17Cl2NO2/c1-8(2)12(7-17)16-13(18)6-9-10(14)4-3-5-11(9)15/h3-5,8,12,17H,6-7H2,1-2H3,(H,16,18)/t12-/m1/s1. The van der Waals surface area contributed by atoms with Crippen LogP contribution in [0.2, 0.25) is 10.0 Å². The first-order valence-corrected chi connectivity index (χ1v) is 6.54. The fraction of sp³-hybridized carbons (Fsp3) is 0.462. The summed E-state index contributed by atoms with van der Waals surface area (Å²) in [6.07, 6.45) is 0.113. The van der Waals surface area contributed by atoms with Crippen molar-refractivity contribution in [1.82, 2.24) is 5.32 Å². The number of halogens is 2. The summed E-state index contributed by atoms with van der Waals surface area (Å²) in [5.74, 6) is -0.0292. The van der Waals surface area contributed by atoms with Crippen LogP contribution in [0.4, 0.5) is 0 Å². The maximum atomic E-state index is 11.9. The van der Waals surface area contributed by atoms with Crippen molar-refractivity contribution < 1.29 is 9.90 Å². The molecule has 0 radical (unpaired) electrons. The summed E-state index contributed by atoms with van der Waals surface area (Å²) in [6, 6.07) is 4.87. The maximum absolute atomic E-state index is 11.9. The van der Waals surface area contributed by atoms with Crippen LogP contribution in [0.3, 0.4) is 0 Å². The van der Waals surface area contributed by atoms with Crippen LogP contribution in [0, 0.1) is 5.92 Å². The van der Waals surface area contributed by atoms with Crippen LogP contribution in [0.15, 0.2) is 18.2 Å². The summed E-state index contributed by atoms with van der Waals surface area (Å²) in [5.41, 5.74) is 0.610. The number of hydrogen-bond acceptors (Lipinski definition) is 2. The molecule has 0 aromatic heterocycles. The molecule has 1 atom stereocenters. The van der Waals surface area contributed by atoms with E-state index in [1.807, 2.05) is 13.8 Å². The lowest BCUT2D eigenvalue weighted by molar-refractivity contribution is -0.121. The van der Waals surface area contributed by atoms with Gasteiger partial charge in [0.2, 0.25) is 5.91 Å². The zero-order chi connectivity index (χ0) is 13.7. The fourth-order valence-corrected chi connectivity index (χ4v) is 2.07. The van der Waals surface area contributed by atoms with E-state index in [-0.39, 0.29) is 30.9 Å². The van der Waals surface area contributed by atoms with Crippen LogP contribution >= 0.6 is 23.2 Å². The first-order chi connectivity index (χ1) is 8.45. The quantitative estimate of drug-likeness (QED) is 0.876. The average Bonchev–Trinajstić information content (AvgIpc) is 2.30. The number of aliphatic hydroxyl groups excluding tert-OH is 1. The summed E-state index contributed by atoms with van der Waals surface area (Å²) in [7, 11) is 0. The van der Waals surface area contributed by atoms with Gasteiger partial charge in [-0.3, -0.25) is 4.79 Å². The molecule has 18 heavy (non-hydrogen) atoms. The molecule has 1 aromatic carbocycles. The zero-order valence-electron chi connectivity index (χ0n) is 10.4. The first-order valence-electron chi connectivity index (χ1n) is 5.78. The molecule has 100 valence electrons. The summed E-state index contributed by atoms with van der Waals surface area (Å²) >= 11 is 12.0. The third-order valence-corrected chi connectivity index (χ3v) is 3.46. The molecule has 0 aliphatic carbocycles. The lowest BCUT2D eigenvalue weighted by Crippen LogP contribution is -2.41. The molecule has 0 saturated carbocycles. The van der Waals surface area contributed by atoms with E-state index < -0.39 is 0 Å². The lowest BCUT2D eigenvalue weighted by Gasteiger charge is -2.20. The maximum Gasteiger partial charge on any atom is 0.224 e. The molecule has 1 rings (SSSR count). The second-order valence-corrected chi connectivity index (χ2v) is 5.29. The second kappa shape index (κ2) is 6.98. The van der Waals surface area contributed by atoms with Crippen molar-refractivity contribution in [2.45, 2.75) is 26.3 Å². The van der Waals surface area contributed by atoms with Gasteiger partial charge in [0.05, 0.1) is 19.1 Å². The molecule has 5 heteroatoms. The Balaban J connectivity index is 2.70. The second-order valence-electron chi connectivity index (χ2n) is 4.48. The van der Waals surface area contributed by atoms with Crippen LogP contribution in [-0.2, 0) is 11.2 Å². The van der Waals surface area contributed by atoms with Gasteiger partial charge in [-0.25, -0.2) is 0 Å². The zero-order valence-corrected chi connectivity index (χ0v) is 11.9. The van der Waals surface area contributed by atoms with Gasteiger partial charge in [-0.15, -0.1) is 0 Å². The Morgan fingerprint density at radius 3 is 2.33 bits per heavy atom. The average molecular weight is 290 g/mol.